The predicted molar refractivity (Wildman–Crippen MR) is 81.5 cm³/mol. The van der Waals surface area contributed by atoms with Crippen molar-refractivity contribution >= 4 is 5.91 Å². The van der Waals surface area contributed by atoms with Gasteiger partial charge in [0.15, 0.2) is 0 Å². The number of rotatable bonds is 4. The summed E-state index contributed by atoms with van der Waals surface area (Å²) in [5.74, 6) is -0.167. The van der Waals surface area contributed by atoms with Gasteiger partial charge in [-0.3, -0.25) is 9.78 Å². The third-order valence-corrected chi connectivity index (χ3v) is 3.17. The number of aryl methyl sites for hydroxylation is 1. The van der Waals surface area contributed by atoms with Gasteiger partial charge in [-0.25, -0.2) is 9.67 Å². The van der Waals surface area contributed by atoms with E-state index in [1.165, 1.54) is 11.9 Å². The molecule has 110 valence electrons. The molecule has 1 aromatic carbocycles. The Kier molecular flexibility index (Phi) is 3.91. The van der Waals surface area contributed by atoms with E-state index in [0.717, 1.165) is 11.3 Å². The molecule has 3 aromatic rings. The molecule has 2 aromatic heterocycles. The Balaban J connectivity index is 1.68. The van der Waals surface area contributed by atoms with Crippen molar-refractivity contribution in [3.8, 4) is 5.69 Å². The molecule has 6 nitrogen and oxygen atoms in total. The monoisotopic (exact) mass is 293 g/mol. The molecule has 6 heteroatoms. The molecule has 1 N–H and O–H groups in total. The van der Waals surface area contributed by atoms with E-state index in [1.807, 2.05) is 43.3 Å². The number of carbonyl (C=O) groups is 1. The third-order valence-electron chi connectivity index (χ3n) is 3.17. The molecule has 0 aliphatic heterocycles. The second kappa shape index (κ2) is 6.17. The SMILES string of the molecule is Cc1ccc(-n2cnc(C(=O)NCc3cccnc3)n2)cc1. The van der Waals surface area contributed by atoms with Crippen molar-refractivity contribution in [1.82, 2.24) is 25.1 Å². The van der Waals surface area contributed by atoms with E-state index in [9.17, 15) is 4.79 Å². The Hall–Kier alpha value is -3.02. The van der Waals surface area contributed by atoms with Crippen LogP contribution in [0.5, 0.6) is 0 Å². The average molecular weight is 293 g/mol. The molecule has 0 unspecified atom stereocenters. The quantitative estimate of drug-likeness (QED) is 0.797. The molecular weight excluding hydrogens is 278 g/mol. The molecule has 2 heterocycles. The number of carbonyl (C=O) groups excluding carboxylic acids is 1. The number of hydrogen-bond acceptors (Lipinski definition) is 4. The van der Waals surface area contributed by atoms with E-state index in [0.29, 0.717) is 6.54 Å². The van der Waals surface area contributed by atoms with E-state index >= 15 is 0 Å². The molecule has 0 radical (unpaired) electrons. The first kappa shape index (κ1) is 13.9. The number of nitrogens with zero attached hydrogens (tertiary/aromatic N) is 4. The van der Waals surface area contributed by atoms with Gasteiger partial charge in [-0.05, 0) is 30.7 Å². The fraction of sp³-hybridized carbons (Fsp3) is 0.125. The lowest BCUT2D eigenvalue weighted by molar-refractivity contribution is 0.0940. The number of aromatic nitrogens is 4. The molecule has 0 bridgehead atoms. The molecule has 0 fully saturated rings. The topological polar surface area (TPSA) is 72.7 Å². The van der Waals surface area contributed by atoms with Crippen molar-refractivity contribution in [3.05, 3.63) is 72.1 Å². The maximum atomic E-state index is 12.0. The molecule has 0 atom stereocenters. The van der Waals surface area contributed by atoms with Gasteiger partial charge in [-0.2, -0.15) is 0 Å². The smallest absolute Gasteiger partial charge is 0.291 e. The number of hydrogen-bond donors (Lipinski definition) is 1. The van der Waals surface area contributed by atoms with Crippen molar-refractivity contribution in [2.24, 2.45) is 0 Å². The Morgan fingerprint density at radius 1 is 1.23 bits per heavy atom. The Labute approximate surface area is 127 Å². The van der Waals surface area contributed by atoms with Crippen LogP contribution in [0.3, 0.4) is 0 Å². The number of benzene rings is 1. The molecular formula is C16H15N5O. The van der Waals surface area contributed by atoms with Crippen LogP contribution in [-0.2, 0) is 6.54 Å². The Morgan fingerprint density at radius 2 is 2.05 bits per heavy atom. The van der Waals surface area contributed by atoms with E-state index in [2.05, 4.69) is 20.4 Å². The molecule has 0 aliphatic rings. The van der Waals surface area contributed by atoms with Crippen LogP contribution >= 0.6 is 0 Å². The molecule has 0 saturated carbocycles. The molecule has 3 rings (SSSR count). The minimum absolute atomic E-state index is 0.143. The van der Waals surface area contributed by atoms with Crippen molar-refractivity contribution in [2.45, 2.75) is 13.5 Å². The van der Waals surface area contributed by atoms with Crippen molar-refractivity contribution in [2.75, 3.05) is 0 Å². The van der Waals surface area contributed by atoms with Crippen LogP contribution in [0.25, 0.3) is 5.69 Å². The standard InChI is InChI=1S/C16H15N5O/c1-12-4-6-14(7-5-12)21-11-19-15(20-21)16(22)18-10-13-3-2-8-17-9-13/h2-9,11H,10H2,1H3,(H,18,22). The second-order valence-corrected chi connectivity index (χ2v) is 4.89. The van der Waals surface area contributed by atoms with Gasteiger partial charge in [0.2, 0.25) is 5.82 Å². The first-order chi connectivity index (χ1) is 10.7. The zero-order valence-corrected chi connectivity index (χ0v) is 12.1. The fourth-order valence-electron chi connectivity index (χ4n) is 1.95. The summed E-state index contributed by atoms with van der Waals surface area (Å²) in [6.45, 7) is 2.41. The molecule has 0 saturated heterocycles. The maximum absolute atomic E-state index is 12.0. The van der Waals surface area contributed by atoms with Crippen LogP contribution in [0.15, 0.2) is 55.1 Å². The summed E-state index contributed by atoms with van der Waals surface area (Å²) in [5, 5.41) is 6.97. The van der Waals surface area contributed by atoms with Gasteiger partial charge in [0.1, 0.15) is 6.33 Å². The summed E-state index contributed by atoms with van der Waals surface area (Å²) < 4.78 is 1.58. The first-order valence-corrected chi connectivity index (χ1v) is 6.88. The van der Waals surface area contributed by atoms with Crippen LogP contribution < -0.4 is 5.32 Å². The highest BCUT2D eigenvalue weighted by Crippen LogP contribution is 2.07. The average Bonchev–Trinajstić information content (AvgIpc) is 3.04. The van der Waals surface area contributed by atoms with Crippen molar-refractivity contribution in [1.29, 1.82) is 0 Å². The van der Waals surface area contributed by atoms with Crippen molar-refractivity contribution < 1.29 is 4.79 Å². The number of amides is 1. The summed E-state index contributed by atoms with van der Waals surface area (Å²) in [4.78, 5) is 20.1. The van der Waals surface area contributed by atoms with E-state index in [-0.39, 0.29) is 11.7 Å². The Bertz CT molecular complexity index is 765. The molecule has 22 heavy (non-hydrogen) atoms. The molecule has 0 aliphatic carbocycles. The van der Waals surface area contributed by atoms with Crippen molar-refractivity contribution in [3.63, 3.8) is 0 Å². The highest BCUT2D eigenvalue weighted by Gasteiger charge is 2.11. The fourth-order valence-corrected chi connectivity index (χ4v) is 1.95. The summed E-state index contributed by atoms with van der Waals surface area (Å²) in [6, 6.07) is 11.6. The van der Waals surface area contributed by atoms with Crippen LogP contribution in [0.2, 0.25) is 0 Å². The zero-order chi connectivity index (χ0) is 15.4. The van der Waals surface area contributed by atoms with Gasteiger partial charge in [-0.15, -0.1) is 5.10 Å². The lowest BCUT2D eigenvalue weighted by atomic mass is 10.2. The largest absolute Gasteiger partial charge is 0.345 e. The highest BCUT2D eigenvalue weighted by molar-refractivity contribution is 5.90. The second-order valence-electron chi connectivity index (χ2n) is 4.89. The van der Waals surface area contributed by atoms with Gasteiger partial charge in [0.05, 0.1) is 5.69 Å². The number of nitrogens with one attached hydrogen (secondary N) is 1. The van der Waals surface area contributed by atoms with Crippen LogP contribution in [0.4, 0.5) is 0 Å². The first-order valence-electron chi connectivity index (χ1n) is 6.88. The minimum atomic E-state index is -0.310. The summed E-state index contributed by atoms with van der Waals surface area (Å²) >= 11 is 0. The Morgan fingerprint density at radius 3 is 2.77 bits per heavy atom. The van der Waals surface area contributed by atoms with E-state index < -0.39 is 0 Å². The zero-order valence-electron chi connectivity index (χ0n) is 12.1. The molecule has 1 amide bonds. The van der Waals surface area contributed by atoms with Gasteiger partial charge >= 0.3 is 0 Å². The van der Waals surface area contributed by atoms with Gasteiger partial charge in [0.25, 0.3) is 5.91 Å². The van der Waals surface area contributed by atoms with Gasteiger partial charge in [0, 0.05) is 18.9 Å². The van der Waals surface area contributed by atoms with Crippen LogP contribution in [0.1, 0.15) is 21.7 Å². The normalized spacial score (nSPS) is 10.4. The van der Waals surface area contributed by atoms with Crippen LogP contribution in [0, 0.1) is 6.92 Å². The lowest BCUT2D eigenvalue weighted by Crippen LogP contribution is -2.24. The maximum Gasteiger partial charge on any atom is 0.291 e. The highest BCUT2D eigenvalue weighted by atomic mass is 16.2. The summed E-state index contributed by atoms with van der Waals surface area (Å²) in [5.41, 5.74) is 2.96. The predicted octanol–water partition coefficient (Wildman–Crippen LogP) is 1.90. The van der Waals surface area contributed by atoms with Gasteiger partial charge < -0.3 is 5.32 Å². The third kappa shape index (κ3) is 3.17. The number of pyridine rings is 1. The van der Waals surface area contributed by atoms with E-state index in [4.69, 9.17) is 0 Å². The van der Waals surface area contributed by atoms with Crippen LogP contribution in [-0.4, -0.2) is 25.7 Å². The lowest BCUT2D eigenvalue weighted by Gasteiger charge is -2.02. The summed E-state index contributed by atoms with van der Waals surface area (Å²) in [7, 11) is 0. The molecule has 0 spiro atoms. The summed E-state index contributed by atoms with van der Waals surface area (Å²) in [6.07, 6.45) is 4.93. The van der Waals surface area contributed by atoms with E-state index in [1.54, 1.807) is 17.1 Å². The van der Waals surface area contributed by atoms with Gasteiger partial charge in [-0.1, -0.05) is 23.8 Å². The minimum Gasteiger partial charge on any atom is -0.345 e.